The van der Waals surface area contributed by atoms with Crippen molar-refractivity contribution in [3.8, 4) is 0 Å². The number of aromatic nitrogens is 2. The van der Waals surface area contributed by atoms with E-state index in [1.165, 1.54) is 37.7 Å². The molecular weight excluding hydrogens is 358 g/mol. The highest BCUT2D eigenvalue weighted by Crippen LogP contribution is 2.40. The number of carbonyl (C=O) groups excluding carboxylic acids is 1. The van der Waals surface area contributed by atoms with Gasteiger partial charge >= 0.3 is 0 Å². The van der Waals surface area contributed by atoms with Gasteiger partial charge in [-0.25, -0.2) is 4.98 Å². The van der Waals surface area contributed by atoms with Crippen LogP contribution in [0.4, 0.5) is 0 Å². The third-order valence-electron chi connectivity index (χ3n) is 6.45. The van der Waals surface area contributed by atoms with E-state index >= 15 is 0 Å². The first-order valence-corrected chi connectivity index (χ1v) is 11.1. The van der Waals surface area contributed by atoms with Gasteiger partial charge < -0.3 is 9.47 Å². The van der Waals surface area contributed by atoms with E-state index in [0.717, 1.165) is 29.7 Å². The van der Waals surface area contributed by atoms with Crippen molar-refractivity contribution < 1.29 is 4.79 Å². The predicted molar refractivity (Wildman–Crippen MR) is 116 cm³/mol. The summed E-state index contributed by atoms with van der Waals surface area (Å²) in [6, 6.07) is 19.0. The lowest BCUT2D eigenvalue weighted by Gasteiger charge is -2.35. The molecule has 1 aromatic heterocycles. The molecule has 2 aromatic carbocycles. The topological polar surface area (TPSA) is 38.1 Å². The number of nitrogens with zero attached hydrogens (tertiary/aromatic N) is 3. The third-order valence-corrected chi connectivity index (χ3v) is 6.45. The monoisotopic (exact) mass is 387 g/mol. The van der Waals surface area contributed by atoms with Gasteiger partial charge in [-0.05, 0) is 43.4 Å². The minimum absolute atomic E-state index is 0.228. The first-order valence-electron chi connectivity index (χ1n) is 11.1. The second-order valence-corrected chi connectivity index (χ2v) is 8.62. The van der Waals surface area contributed by atoms with Crippen LogP contribution in [0.15, 0.2) is 54.6 Å². The number of imidazole rings is 1. The Morgan fingerprint density at radius 3 is 2.41 bits per heavy atom. The highest BCUT2D eigenvalue weighted by molar-refractivity contribution is 5.81. The minimum Gasteiger partial charge on any atom is -0.334 e. The molecule has 2 aliphatic carbocycles. The lowest BCUT2D eigenvalue weighted by Crippen LogP contribution is -2.42. The summed E-state index contributed by atoms with van der Waals surface area (Å²) in [7, 11) is 0. The van der Waals surface area contributed by atoms with Gasteiger partial charge in [0.05, 0.1) is 11.0 Å². The van der Waals surface area contributed by atoms with E-state index in [2.05, 4.69) is 45.9 Å². The average Bonchev–Trinajstić information content (AvgIpc) is 3.56. The summed E-state index contributed by atoms with van der Waals surface area (Å²) in [6.07, 6.45) is 8.37. The SMILES string of the molecule is O=C(Cn1c(C2CC2)nc2ccccc21)N(Cc1ccccc1)C1CCCCC1. The number of hydrogen-bond acceptors (Lipinski definition) is 2. The maximum atomic E-state index is 13.6. The molecule has 2 saturated carbocycles. The molecule has 4 heteroatoms. The molecule has 5 rings (SSSR count). The fourth-order valence-electron chi connectivity index (χ4n) is 4.73. The van der Waals surface area contributed by atoms with Crippen LogP contribution in [-0.4, -0.2) is 26.4 Å². The van der Waals surface area contributed by atoms with Crippen LogP contribution >= 0.6 is 0 Å². The molecule has 150 valence electrons. The Morgan fingerprint density at radius 2 is 1.66 bits per heavy atom. The van der Waals surface area contributed by atoms with Crippen molar-refractivity contribution >= 4 is 16.9 Å². The lowest BCUT2D eigenvalue weighted by atomic mass is 9.93. The van der Waals surface area contributed by atoms with Crippen LogP contribution in [0.25, 0.3) is 11.0 Å². The molecule has 0 aliphatic heterocycles. The van der Waals surface area contributed by atoms with E-state index in [1.807, 2.05) is 18.2 Å². The lowest BCUT2D eigenvalue weighted by molar-refractivity contribution is -0.135. The second-order valence-electron chi connectivity index (χ2n) is 8.62. The zero-order chi connectivity index (χ0) is 19.6. The average molecular weight is 388 g/mol. The van der Waals surface area contributed by atoms with E-state index in [9.17, 15) is 4.79 Å². The van der Waals surface area contributed by atoms with Gasteiger partial charge in [-0.3, -0.25) is 4.79 Å². The van der Waals surface area contributed by atoms with Gasteiger partial charge in [0, 0.05) is 18.5 Å². The predicted octanol–water partition coefficient (Wildman–Crippen LogP) is 5.28. The van der Waals surface area contributed by atoms with Crippen LogP contribution in [0.2, 0.25) is 0 Å². The maximum Gasteiger partial charge on any atom is 0.243 e. The maximum absolute atomic E-state index is 13.6. The number of amides is 1. The smallest absolute Gasteiger partial charge is 0.243 e. The first-order chi connectivity index (χ1) is 14.3. The zero-order valence-electron chi connectivity index (χ0n) is 17.0. The van der Waals surface area contributed by atoms with Gasteiger partial charge in [0.15, 0.2) is 0 Å². The molecule has 0 radical (unpaired) electrons. The van der Waals surface area contributed by atoms with Crippen molar-refractivity contribution in [2.24, 2.45) is 0 Å². The number of benzene rings is 2. The van der Waals surface area contributed by atoms with Gasteiger partial charge in [-0.2, -0.15) is 0 Å². The molecule has 3 aromatic rings. The summed E-state index contributed by atoms with van der Waals surface area (Å²) in [6.45, 7) is 1.10. The summed E-state index contributed by atoms with van der Waals surface area (Å²) >= 11 is 0. The highest BCUT2D eigenvalue weighted by atomic mass is 16.2. The molecule has 0 atom stereocenters. The van der Waals surface area contributed by atoms with E-state index < -0.39 is 0 Å². The van der Waals surface area contributed by atoms with Crippen molar-refractivity contribution in [3.63, 3.8) is 0 Å². The van der Waals surface area contributed by atoms with Crippen molar-refractivity contribution in [1.82, 2.24) is 14.5 Å². The Labute approximate surface area is 172 Å². The Hall–Kier alpha value is -2.62. The van der Waals surface area contributed by atoms with Crippen LogP contribution < -0.4 is 0 Å². The van der Waals surface area contributed by atoms with Crippen LogP contribution in [0.5, 0.6) is 0 Å². The normalized spacial score (nSPS) is 17.5. The fraction of sp³-hybridized carbons (Fsp3) is 0.440. The van der Waals surface area contributed by atoms with Gasteiger partial charge in [0.1, 0.15) is 12.4 Å². The van der Waals surface area contributed by atoms with Crippen LogP contribution in [0, 0.1) is 0 Å². The van der Waals surface area contributed by atoms with Crippen LogP contribution in [0.1, 0.15) is 62.3 Å². The van der Waals surface area contributed by atoms with Gasteiger partial charge in [0.25, 0.3) is 0 Å². The molecule has 0 bridgehead atoms. The molecular formula is C25H29N3O. The van der Waals surface area contributed by atoms with Crippen molar-refractivity contribution in [3.05, 3.63) is 66.0 Å². The summed E-state index contributed by atoms with van der Waals surface area (Å²) in [5.74, 6) is 1.85. The van der Waals surface area contributed by atoms with Gasteiger partial charge in [0.2, 0.25) is 5.91 Å². The van der Waals surface area contributed by atoms with Crippen molar-refractivity contribution in [2.45, 2.75) is 70.0 Å². The fourth-order valence-corrected chi connectivity index (χ4v) is 4.73. The molecule has 2 aliphatic rings. The van der Waals surface area contributed by atoms with E-state index in [0.29, 0.717) is 25.0 Å². The molecule has 0 spiro atoms. The molecule has 1 amide bonds. The van der Waals surface area contributed by atoms with Crippen molar-refractivity contribution in [1.29, 1.82) is 0 Å². The number of rotatable bonds is 6. The molecule has 0 N–H and O–H groups in total. The summed E-state index contributed by atoms with van der Waals surface area (Å²) < 4.78 is 2.19. The van der Waals surface area contributed by atoms with Crippen molar-refractivity contribution in [2.75, 3.05) is 0 Å². The summed E-state index contributed by atoms with van der Waals surface area (Å²) in [5, 5.41) is 0. The largest absolute Gasteiger partial charge is 0.334 e. The second kappa shape index (κ2) is 8.02. The molecule has 2 fully saturated rings. The molecule has 29 heavy (non-hydrogen) atoms. The Balaban J connectivity index is 1.44. The Kier molecular flexibility index (Phi) is 5.09. The molecule has 1 heterocycles. The number of fused-ring (bicyclic) bond motifs is 1. The highest BCUT2D eigenvalue weighted by Gasteiger charge is 2.32. The Bertz CT molecular complexity index is 984. The Morgan fingerprint density at radius 1 is 0.931 bits per heavy atom. The quantitative estimate of drug-likeness (QED) is 0.577. The van der Waals surface area contributed by atoms with E-state index in [4.69, 9.17) is 4.98 Å². The number of hydrogen-bond donors (Lipinski definition) is 0. The molecule has 4 nitrogen and oxygen atoms in total. The van der Waals surface area contributed by atoms with E-state index in [1.54, 1.807) is 0 Å². The van der Waals surface area contributed by atoms with Gasteiger partial charge in [-0.15, -0.1) is 0 Å². The zero-order valence-corrected chi connectivity index (χ0v) is 17.0. The van der Waals surface area contributed by atoms with Gasteiger partial charge in [-0.1, -0.05) is 61.7 Å². The van der Waals surface area contributed by atoms with E-state index in [-0.39, 0.29) is 5.91 Å². The number of para-hydroxylation sites is 2. The number of carbonyl (C=O) groups is 1. The minimum atomic E-state index is 0.228. The molecule has 0 unspecified atom stereocenters. The van der Waals surface area contributed by atoms with Crippen LogP contribution in [0.3, 0.4) is 0 Å². The summed E-state index contributed by atoms with van der Waals surface area (Å²) in [5.41, 5.74) is 3.31. The van der Waals surface area contributed by atoms with Crippen LogP contribution in [-0.2, 0) is 17.9 Å². The first kappa shape index (κ1) is 18.4. The molecule has 0 saturated heterocycles. The third kappa shape index (κ3) is 3.93. The summed E-state index contributed by atoms with van der Waals surface area (Å²) in [4.78, 5) is 20.7. The standard InChI is InChI=1S/C25H29N3O/c29-24(18-28-23-14-8-7-13-22(23)26-25(28)20-15-16-20)27(21-11-5-2-6-12-21)17-19-9-3-1-4-10-19/h1,3-4,7-10,13-14,20-21H,2,5-6,11-12,15-18H2.